The van der Waals surface area contributed by atoms with E-state index in [4.69, 9.17) is 0 Å². The first-order valence-electron chi connectivity index (χ1n) is 6.27. The molecule has 1 unspecified atom stereocenters. The maximum atomic E-state index is 13.9. The second kappa shape index (κ2) is 5.88. The molecule has 1 aromatic carbocycles. The van der Waals surface area contributed by atoms with E-state index < -0.39 is 34.1 Å². The second-order valence-corrected chi connectivity index (χ2v) is 4.65. The summed E-state index contributed by atoms with van der Waals surface area (Å²) in [6.07, 6.45) is 0. The van der Waals surface area contributed by atoms with Gasteiger partial charge >= 0.3 is 0 Å². The molecule has 0 amide bonds. The van der Waals surface area contributed by atoms with E-state index in [9.17, 15) is 23.7 Å². The number of hydrogen-bond donors (Lipinski definition) is 2. The number of hydrogen-bond acceptors (Lipinski definition) is 4. The minimum Gasteiger partial charge on any atom is -0.288 e. The van der Waals surface area contributed by atoms with Gasteiger partial charge in [-0.05, 0) is 19.1 Å². The highest BCUT2D eigenvalue weighted by molar-refractivity contribution is 5.36. The summed E-state index contributed by atoms with van der Waals surface area (Å²) in [5, 5.41) is 9.54. The van der Waals surface area contributed by atoms with Crippen molar-refractivity contribution in [3.05, 3.63) is 67.1 Å². The van der Waals surface area contributed by atoms with Gasteiger partial charge in [0.15, 0.2) is 5.03 Å². The molecule has 0 saturated heterocycles. The number of benzene rings is 1. The number of hydrazine groups is 1. The average Bonchev–Trinajstić information content (AvgIpc) is 2.41. The maximum absolute atomic E-state index is 13.9. The quantitative estimate of drug-likeness (QED) is 0.665. The molecule has 0 fully saturated rings. The first-order valence-corrected chi connectivity index (χ1v) is 6.27. The molecule has 0 bridgehead atoms. The highest BCUT2D eigenvalue weighted by Gasteiger charge is 2.23. The Hall–Kier alpha value is -2.84. The van der Waals surface area contributed by atoms with Crippen LogP contribution >= 0.6 is 0 Å². The molecule has 7 nitrogen and oxygen atoms in total. The first-order chi connectivity index (χ1) is 10.3. The molecule has 2 rings (SSSR count). The van der Waals surface area contributed by atoms with Gasteiger partial charge in [0.25, 0.3) is 11.5 Å². The smallest absolute Gasteiger partial charge is 0.266 e. The van der Waals surface area contributed by atoms with Crippen molar-refractivity contribution in [2.45, 2.75) is 19.8 Å². The van der Waals surface area contributed by atoms with Crippen molar-refractivity contribution in [2.75, 3.05) is 5.43 Å². The van der Waals surface area contributed by atoms with Gasteiger partial charge in [-0.3, -0.25) is 9.78 Å². The highest BCUT2D eigenvalue weighted by Crippen LogP contribution is 2.28. The van der Waals surface area contributed by atoms with Crippen molar-refractivity contribution >= 4 is 5.95 Å². The summed E-state index contributed by atoms with van der Waals surface area (Å²) < 4.78 is 27.7. The van der Waals surface area contributed by atoms with Crippen LogP contribution < -0.4 is 11.0 Å². The third-order valence-electron chi connectivity index (χ3n) is 3.23. The molecule has 1 aromatic heterocycles. The van der Waals surface area contributed by atoms with Crippen molar-refractivity contribution in [3.63, 3.8) is 0 Å². The molecule has 0 spiro atoms. The van der Waals surface area contributed by atoms with Crippen molar-refractivity contribution in [2.24, 2.45) is 0 Å². The van der Waals surface area contributed by atoms with Gasteiger partial charge in [-0.2, -0.15) is 0 Å². The lowest BCUT2D eigenvalue weighted by atomic mass is 9.94. The molecule has 2 aromatic rings. The summed E-state index contributed by atoms with van der Waals surface area (Å²) in [5.41, 5.74) is 1.02. The monoisotopic (exact) mass is 310 g/mol. The van der Waals surface area contributed by atoms with Gasteiger partial charge in [-0.1, -0.05) is 18.4 Å². The average molecular weight is 310 g/mol. The number of anilines is 1. The SMILES string of the molecule is Cc1c(C(C)c2c(F)cccc2F)nc(N[N+](=O)[O-])[nH]c1=O. The third kappa shape index (κ3) is 2.92. The van der Waals surface area contributed by atoms with Gasteiger partial charge in [-0.25, -0.2) is 23.9 Å². The Balaban J connectivity index is 2.58. The number of rotatable bonds is 4. The zero-order chi connectivity index (χ0) is 16.4. The van der Waals surface area contributed by atoms with E-state index in [1.165, 1.54) is 19.9 Å². The predicted molar refractivity (Wildman–Crippen MR) is 74.1 cm³/mol. The number of nitrogens with zero attached hydrogens (tertiary/aromatic N) is 2. The summed E-state index contributed by atoms with van der Waals surface area (Å²) in [5.74, 6) is -2.86. The summed E-state index contributed by atoms with van der Waals surface area (Å²) in [4.78, 5) is 28.3. The molecule has 2 N–H and O–H groups in total. The first kappa shape index (κ1) is 15.5. The van der Waals surface area contributed by atoms with E-state index in [-0.39, 0.29) is 16.8 Å². The van der Waals surface area contributed by atoms with Crippen LogP contribution in [-0.4, -0.2) is 15.0 Å². The van der Waals surface area contributed by atoms with E-state index in [2.05, 4.69) is 9.97 Å². The van der Waals surface area contributed by atoms with E-state index in [1.54, 1.807) is 5.43 Å². The van der Waals surface area contributed by atoms with E-state index in [0.29, 0.717) is 0 Å². The predicted octanol–water partition coefficient (Wildman–Crippen LogP) is 2.11. The number of aromatic nitrogens is 2. The molecular formula is C13H12F2N4O3. The zero-order valence-corrected chi connectivity index (χ0v) is 11.7. The molecule has 0 radical (unpaired) electrons. The van der Waals surface area contributed by atoms with Gasteiger partial charge in [0.1, 0.15) is 11.6 Å². The number of aromatic amines is 1. The molecule has 0 aliphatic carbocycles. The number of H-pyrrole nitrogens is 1. The van der Waals surface area contributed by atoms with Crippen molar-refractivity contribution in [1.82, 2.24) is 9.97 Å². The van der Waals surface area contributed by atoms with Crippen molar-refractivity contribution < 1.29 is 13.8 Å². The van der Waals surface area contributed by atoms with Crippen LogP contribution in [0.15, 0.2) is 23.0 Å². The van der Waals surface area contributed by atoms with E-state index in [1.807, 2.05) is 0 Å². The Morgan fingerprint density at radius 3 is 2.50 bits per heavy atom. The normalized spacial score (nSPS) is 12.0. The van der Waals surface area contributed by atoms with Crippen LogP contribution in [0.2, 0.25) is 0 Å². The molecule has 22 heavy (non-hydrogen) atoms. The van der Waals surface area contributed by atoms with Gasteiger partial charge in [0, 0.05) is 17.0 Å². The lowest BCUT2D eigenvalue weighted by Gasteiger charge is -2.15. The molecule has 1 atom stereocenters. The molecule has 0 aliphatic rings. The Morgan fingerprint density at radius 1 is 1.36 bits per heavy atom. The van der Waals surface area contributed by atoms with E-state index in [0.717, 1.165) is 12.1 Å². The number of nitrogens with one attached hydrogen (secondary N) is 2. The van der Waals surface area contributed by atoms with Crippen molar-refractivity contribution in [1.29, 1.82) is 0 Å². The van der Waals surface area contributed by atoms with Gasteiger partial charge in [-0.15, -0.1) is 0 Å². The molecule has 1 heterocycles. The Morgan fingerprint density at radius 2 is 1.95 bits per heavy atom. The van der Waals surface area contributed by atoms with Crippen LogP contribution in [0.1, 0.15) is 29.7 Å². The Kier molecular flexibility index (Phi) is 4.15. The minimum absolute atomic E-state index is 0.0529. The fraction of sp³-hybridized carbons (Fsp3) is 0.231. The van der Waals surface area contributed by atoms with Crippen LogP contribution in [0.3, 0.4) is 0 Å². The van der Waals surface area contributed by atoms with Crippen LogP contribution in [-0.2, 0) is 0 Å². The summed E-state index contributed by atoms with van der Waals surface area (Å²) in [6.45, 7) is 2.89. The van der Waals surface area contributed by atoms with Gasteiger partial charge in [0.05, 0.1) is 5.69 Å². The summed E-state index contributed by atoms with van der Waals surface area (Å²) >= 11 is 0. The zero-order valence-electron chi connectivity index (χ0n) is 11.7. The minimum atomic E-state index is -0.897. The Labute approximate surface area is 123 Å². The Bertz CT molecular complexity index is 771. The van der Waals surface area contributed by atoms with Crippen LogP contribution in [0.5, 0.6) is 0 Å². The fourth-order valence-corrected chi connectivity index (χ4v) is 2.17. The van der Waals surface area contributed by atoms with Crippen molar-refractivity contribution in [3.8, 4) is 0 Å². The topological polar surface area (TPSA) is 101 Å². The summed E-state index contributed by atoms with van der Waals surface area (Å²) in [7, 11) is 0. The molecule has 9 heteroatoms. The molecular weight excluding hydrogens is 298 g/mol. The summed E-state index contributed by atoms with van der Waals surface area (Å²) in [6, 6.07) is 3.40. The van der Waals surface area contributed by atoms with Gasteiger partial charge in [0.2, 0.25) is 0 Å². The molecule has 116 valence electrons. The van der Waals surface area contributed by atoms with E-state index >= 15 is 0 Å². The largest absolute Gasteiger partial charge is 0.288 e. The van der Waals surface area contributed by atoms with Gasteiger partial charge < -0.3 is 0 Å². The number of halogens is 2. The fourth-order valence-electron chi connectivity index (χ4n) is 2.17. The maximum Gasteiger partial charge on any atom is 0.266 e. The van der Waals surface area contributed by atoms with Crippen LogP contribution in [0.4, 0.5) is 14.7 Å². The molecule has 0 saturated carbocycles. The van der Waals surface area contributed by atoms with Crippen LogP contribution in [0.25, 0.3) is 0 Å². The number of nitro groups is 1. The second-order valence-electron chi connectivity index (χ2n) is 4.65. The molecule has 0 aliphatic heterocycles. The standard InChI is InChI=1S/C13H12F2N4O3/c1-6(10-8(14)4-3-5-9(10)15)11-7(2)12(20)17-13(16-11)18-19(21)22/h3-6H,1-2H3,(H2,16,17,18,20). The highest BCUT2D eigenvalue weighted by atomic mass is 19.1. The third-order valence-corrected chi connectivity index (χ3v) is 3.23. The van der Waals surface area contributed by atoms with Crippen LogP contribution in [0, 0.1) is 28.7 Å². The lowest BCUT2D eigenvalue weighted by molar-refractivity contribution is -0.446. The lowest BCUT2D eigenvalue weighted by Crippen LogP contribution is -2.22.